The lowest BCUT2D eigenvalue weighted by atomic mass is 10.2. The Balaban J connectivity index is 1.90. The molecule has 1 N–H and O–H groups in total. The predicted octanol–water partition coefficient (Wildman–Crippen LogP) is 3.15. The van der Waals surface area contributed by atoms with E-state index in [1.165, 1.54) is 0 Å². The summed E-state index contributed by atoms with van der Waals surface area (Å²) in [4.78, 5) is 20.3. The normalized spacial score (nSPS) is 10.7. The average Bonchev–Trinajstić information content (AvgIpc) is 2.89. The zero-order valence-corrected chi connectivity index (χ0v) is 13.1. The lowest BCUT2D eigenvalue weighted by Gasteiger charge is -2.08. The molecule has 118 valence electrons. The molecule has 0 saturated carbocycles. The molecule has 0 fully saturated rings. The van der Waals surface area contributed by atoms with Gasteiger partial charge in [-0.2, -0.15) is 4.98 Å². The molecule has 0 aliphatic rings. The van der Waals surface area contributed by atoms with Crippen molar-refractivity contribution in [2.75, 3.05) is 11.9 Å². The Morgan fingerprint density at radius 3 is 2.65 bits per heavy atom. The number of aryl methyl sites for hydroxylation is 2. The fraction of sp³-hybridized carbons (Fsp3) is 0.250. The molecular formula is C16H16N4O3. The van der Waals surface area contributed by atoms with E-state index >= 15 is 0 Å². The summed E-state index contributed by atoms with van der Waals surface area (Å²) in [6.07, 6.45) is 0. The number of hydrogen-bond donors (Lipinski definition) is 1. The van der Waals surface area contributed by atoms with Gasteiger partial charge < -0.3 is 14.6 Å². The Morgan fingerprint density at radius 2 is 1.96 bits per heavy atom. The second-order valence-corrected chi connectivity index (χ2v) is 4.99. The first-order valence-electron chi connectivity index (χ1n) is 7.23. The standard InChI is InChI=1S/C16H16N4O3/c1-4-22-16(21)11-5-7-12(8-6-11)19-14-13-9(2)20-23-15(13)18-10(3)17-14/h5-8H,4H2,1-3H3,(H,17,18,19). The zero-order valence-electron chi connectivity index (χ0n) is 13.1. The van der Waals surface area contributed by atoms with E-state index in [-0.39, 0.29) is 5.97 Å². The lowest BCUT2D eigenvalue weighted by Crippen LogP contribution is -2.04. The van der Waals surface area contributed by atoms with Gasteiger partial charge in [0, 0.05) is 5.69 Å². The number of anilines is 2. The number of carbonyl (C=O) groups excluding carboxylic acids is 1. The number of aromatic nitrogens is 3. The van der Waals surface area contributed by atoms with Crippen LogP contribution in [-0.2, 0) is 4.74 Å². The van der Waals surface area contributed by atoms with Crippen molar-refractivity contribution in [1.82, 2.24) is 15.1 Å². The first-order valence-corrected chi connectivity index (χ1v) is 7.23. The number of carbonyl (C=O) groups is 1. The third kappa shape index (κ3) is 2.98. The summed E-state index contributed by atoms with van der Waals surface area (Å²) < 4.78 is 10.1. The quantitative estimate of drug-likeness (QED) is 0.740. The second kappa shape index (κ2) is 6.04. The van der Waals surface area contributed by atoms with Crippen molar-refractivity contribution in [3.63, 3.8) is 0 Å². The molecule has 7 heteroatoms. The van der Waals surface area contributed by atoms with Crippen molar-refractivity contribution in [2.45, 2.75) is 20.8 Å². The van der Waals surface area contributed by atoms with Crippen LogP contribution in [0, 0.1) is 13.8 Å². The van der Waals surface area contributed by atoms with Crippen LogP contribution in [0.15, 0.2) is 28.8 Å². The van der Waals surface area contributed by atoms with Crippen LogP contribution >= 0.6 is 0 Å². The molecule has 23 heavy (non-hydrogen) atoms. The molecule has 3 rings (SSSR count). The smallest absolute Gasteiger partial charge is 0.338 e. The van der Waals surface area contributed by atoms with E-state index in [1.807, 2.05) is 6.92 Å². The Morgan fingerprint density at radius 1 is 1.22 bits per heavy atom. The Labute approximate surface area is 132 Å². The Kier molecular flexibility index (Phi) is 3.92. The molecule has 0 atom stereocenters. The van der Waals surface area contributed by atoms with Gasteiger partial charge in [-0.25, -0.2) is 9.78 Å². The van der Waals surface area contributed by atoms with Gasteiger partial charge in [-0.15, -0.1) is 0 Å². The van der Waals surface area contributed by atoms with Crippen LogP contribution < -0.4 is 5.32 Å². The molecule has 0 spiro atoms. The van der Waals surface area contributed by atoms with Crippen LogP contribution in [0.4, 0.5) is 11.5 Å². The summed E-state index contributed by atoms with van der Waals surface area (Å²) in [5.41, 5.74) is 2.45. The number of nitrogens with one attached hydrogen (secondary N) is 1. The van der Waals surface area contributed by atoms with Crippen molar-refractivity contribution in [3.8, 4) is 0 Å². The maximum atomic E-state index is 11.7. The molecule has 7 nitrogen and oxygen atoms in total. The first kappa shape index (κ1) is 15.0. The van der Waals surface area contributed by atoms with Crippen molar-refractivity contribution in [1.29, 1.82) is 0 Å². The van der Waals surface area contributed by atoms with E-state index in [2.05, 4.69) is 20.4 Å². The highest BCUT2D eigenvalue weighted by Crippen LogP contribution is 2.26. The number of fused-ring (bicyclic) bond motifs is 1. The predicted molar refractivity (Wildman–Crippen MR) is 84.8 cm³/mol. The lowest BCUT2D eigenvalue weighted by molar-refractivity contribution is 0.0526. The molecule has 2 heterocycles. The third-order valence-electron chi connectivity index (χ3n) is 3.28. The monoisotopic (exact) mass is 312 g/mol. The van der Waals surface area contributed by atoms with Crippen LogP contribution in [0.25, 0.3) is 11.1 Å². The largest absolute Gasteiger partial charge is 0.462 e. The SMILES string of the molecule is CCOC(=O)c1ccc(Nc2nc(C)nc3onc(C)c23)cc1. The van der Waals surface area contributed by atoms with E-state index in [9.17, 15) is 4.79 Å². The molecule has 0 bridgehead atoms. The van der Waals surface area contributed by atoms with Gasteiger partial charge in [-0.3, -0.25) is 0 Å². The van der Waals surface area contributed by atoms with Crippen LogP contribution in [0.5, 0.6) is 0 Å². The number of esters is 1. The summed E-state index contributed by atoms with van der Waals surface area (Å²) in [5, 5.41) is 7.87. The van der Waals surface area contributed by atoms with E-state index in [0.717, 1.165) is 11.1 Å². The summed E-state index contributed by atoms with van der Waals surface area (Å²) in [6.45, 7) is 5.74. The van der Waals surface area contributed by atoms with E-state index in [1.54, 1.807) is 38.1 Å². The summed E-state index contributed by atoms with van der Waals surface area (Å²) in [6, 6.07) is 6.98. The molecule has 3 aromatic rings. The van der Waals surface area contributed by atoms with Gasteiger partial charge in [0.05, 0.1) is 17.9 Å². The average molecular weight is 312 g/mol. The van der Waals surface area contributed by atoms with Crippen molar-refractivity contribution in [2.24, 2.45) is 0 Å². The molecule has 0 radical (unpaired) electrons. The maximum absolute atomic E-state index is 11.7. The summed E-state index contributed by atoms with van der Waals surface area (Å²) in [5.74, 6) is 0.864. The molecule has 0 aliphatic heterocycles. The third-order valence-corrected chi connectivity index (χ3v) is 3.28. The topological polar surface area (TPSA) is 90.1 Å². The van der Waals surface area contributed by atoms with E-state index in [4.69, 9.17) is 9.26 Å². The zero-order chi connectivity index (χ0) is 16.4. The Hall–Kier alpha value is -2.96. The number of rotatable bonds is 4. The molecule has 0 amide bonds. The minimum Gasteiger partial charge on any atom is -0.462 e. The van der Waals surface area contributed by atoms with Gasteiger partial charge in [0.2, 0.25) is 0 Å². The van der Waals surface area contributed by atoms with Crippen LogP contribution in [0.2, 0.25) is 0 Å². The summed E-state index contributed by atoms with van der Waals surface area (Å²) >= 11 is 0. The van der Waals surface area contributed by atoms with Crippen LogP contribution in [-0.4, -0.2) is 27.7 Å². The van der Waals surface area contributed by atoms with Crippen LogP contribution in [0.3, 0.4) is 0 Å². The van der Waals surface area contributed by atoms with Gasteiger partial charge >= 0.3 is 5.97 Å². The highest BCUT2D eigenvalue weighted by Gasteiger charge is 2.14. The molecule has 2 aromatic heterocycles. The van der Waals surface area contributed by atoms with Gasteiger partial charge in [-0.05, 0) is 45.0 Å². The number of ether oxygens (including phenoxy) is 1. The van der Waals surface area contributed by atoms with Crippen molar-refractivity contribution >= 4 is 28.6 Å². The van der Waals surface area contributed by atoms with Crippen LogP contribution in [0.1, 0.15) is 28.8 Å². The van der Waals surface area contributed by atoms with E-state index in [0.29, 0.717) is 35.2 Å². The molecule has 0 saturated heterocycles. The van der Waals surface area contributed by atoms with Gasteiger partial charge in [0.1, 0.15) is 17.0 Å². The maximum Gasteiger partial charge on any atom is 0.338 e. The number of benzene rings is 1. The molecule has 0 aliphatic carbocycles. The summed E-state index contributed by atoms with van der Waals surface area (Å²) in [7, 11) is 0. The van der Waals surface area contributed by atoms with Gasteiger partial charge in [-0.1, -0.05) is 5.16 Å². The van der Waals surface area contributed by atoms with Gasteiger partial charge in [0.15, 0.2) is 0 Å². The van der Waals surface area contributed by atoms with E-state index < -0.39 is 0 Å². The van der Waals surface area contributed by atoms with Gasteiger partial charge in [0.25, 0.3) is 5.71 Å². The molecule has 1 aromatic carbocycles. The fourth-order valence-corrected chi connectivity index (χ4v) is 2.23. The highest BCUT2D eigenvalue weighted by atomic mass is 16.5. The fourth-order valence-electron chi connectivity index (χ4n) is 2.23. The second-order valence-electron chi connectivity index (χ2n) is 4.99. The number of hydrogen-bond acceptors (Lipinski definition) is 7. The number of nitrogens with zero attached hydrogens (tertiary/aromatic N) is 3. The molecule has 0 unspecified atom stereocenters. The minimum atomic E-state index is -0.339. The highest BCUT2D eigenvalue weighted by molar-refractivity contribution is 5.91. The Bertz CT molecular complexity index is 856. The van der Waals surface area contributed by atoms with Crippen molar-refractivity contribution in [3.05, 3.63) is 41.3 Å². The van der Waals surface area contributed by atoms with Crippen molar-refractivity contribution < 1.29 is 14.1 Å². The first-order chi connectivity index (χ1) is 11.1. The molecular weight excluding hydrogens is 296 g/mol. The minimum absolute atomic E-state index is 0.339.